The van der Waals surface area contributed by atoms with E-state index in [4.69, 9.17) is 39.5 Å². The number of Topliss-reactive ketones (excluding diaryl/α,β-unsaturated/α-hetero) is 3. The van der Waals surface area contributed by atoms with Crippen LogP contribution in [0.4, 0.5) is 0 Å². The summed E-state index contributed by atoms with van der Waals surface area (Å²) in [5.74, 6) is -1.82. The van der Waals surface area contributed by atoms with Gasteiger partial charge in [-0.3, -0.25) is 14.4 Å². The number of fused-ring (bicyclic) bond motifs is 1. The van der Waals surface area contributed by atoms with Gasteiger partial charge in [0.2, 0.25) is 0 Å². The van der Waals surface area contributed by atoms with Gasteiger partial charge in [0.15, 0.2) is 23.0 Å². The summed E-state index contributed by atoms with van der Waals surface area (Å²) in [4.78, 5) is 39.8. The van der Waals surface area contributed by atoms with E-state index >= 15 is 0 Å². The fraction of sp³-hybridized carbons (Fsp3) is 0.258. The number of carbonyl (C=O) groups is 3. The van der Waals surface area contributed by atoms with Crippen molar-refractivity contribution in [1.82, 2.24) is 4.57 Å². The molecule has 1 aromatic heterocycles. The molecule has 0 aliphatic carbocycles. The number of ether oxygens (including phenoxy) is 1. The molecule has 1 aliphatic rings. The third-order valence-corrected chi connectivity index (χ3v) is 8.58. The third kappa shape index (κ3) is 5.12. The molecular formula is C31H26Cl3NO6. The molecule has 1 aliphatic heterocycles. The maximum Gasteiger partial charge on any atom is 0.197 e. The Morgan fingerprint density at radius 3 is 2.02 bits per heavy atom. The molecule has 1 fully saturated rings. The van der Waals surface area contributed by atoms with E-state index in [1.165, 1.54) is 23.6 Å². The highest BCUT2D eigenvalue weighted by atomic mass is 35.5. The predicted molar refractivity (Wildman–Crippen MR) is 157 cm³/mol. The van der Waals surface area contributed by atoms with Gasteiger partial charge < -0.3 is 19.5 Å². The summed E-state index contributed by atoms with van der Waals surface area (Å²) in [5.41, 5.74) is 0.343. The molecular weight excluding hydrogens is 589 g/mol. The number of aliphatic hydroxyl groups excluding tert-OH is 1. The number of ketones is 3. The highest BCUT2D eigenvalue weighted by molar-refractivity contribution is 6.43. The Bertz CT molecular complexity index is 1700. The number of aliphatic hydroxyl groups is 2. The van der Waals surface area contributed by atoms with Crippen LogP contribution in [0.3, 0.4) is 0 Å². The largest absolute Gasteiger partial charge is 0.382 e. The fourth-order valence-electron chi connectivity index (χ4n) is 5.29. The highest BCUT2D eigenvalue weighted by Crippen LogP contribution is 2.46. The van der Waals surface area contributed by atoms with Crippen molar-refractivity contribution in [2.45, 2.75) is 51.2 Å². The van der Waals surface area contributed by atoms with Gasteiger partial charge in [-0.15, -0.1) is 0 Å². The Morgan fingerprint density at radius 2 is 1.46 bits per heavy atom. The molecule has 0 radical (unpaired) electrons. The Kier molecular flexibility index (Phi) is 7.89. The summed E-state index contributed by atoms with van der Waals surface area (Å²) >= 11 is 19.3. The van der Waals surface area contributed by atoms with Gasteiger partial charge in [0.25, 0.3) is 0 Å². The summed E-state index contributed by atoms with van der Waals surface area (Å²) < 4.78 is 7.58. The molecule has 1 unspecified atom stereocenters. The van der Waals surface area contributed by atoms with Crippen LogP contribution in [0, 0.1) is 13.8 Å². The van der Waals surface area contributed by atoms with Crippen molar-refractivity contribution in [2.75, 3.05) is 0 Å². The average Bonchev–Trinajstić information content (AvgIpc) is 3.42. The average molecular weight is 615 g/mol. The first-order chi connectivity index (χ1) is 19.3. The lowest BCUT2D eigenvalue weighted by molar-refractivity contribution is -0.0900. The standard InChI is InChI=1S/C31H26Cl3NO6/c1-15-4-8-18(9-5-15)26(37)27(38)29-31(40,28(39)19-10-6-16(2)7-11-19)14-24(41-29)35-23-13-22(33)21(32)12-20(23)25(17(3)36)30(35)34/h4-13,24,27,29,38,40H,14H2,1-3H3/t24-,27?,29-,31-/m1/s1. The van der Waals surface area contributed by atoms with Gasteiger partial charge in [-0.25, -0.2) is 0 Å². The molecule has 212 valence electrons. The van der Waals surface area contributed by atoms with Crippen LogP contribution >= 0.6 is 34.8 Å². The van der Waals surface area contributed by atoms with Crippen molar-refractivity contribution < 1.29 is 29.3 Å². The molecule has 1 saturated heterocycles. The van der Waals surface area contributed by atoms with E-state index in [0.717, 1.165) is 11.1 Å². The van der Waals surface area contributed by atoms with Crippen molar-refractivity contribution in [2.24, 2.45) is 0 Å². The van der Waals surface area contributed by atoms with Gasteiger partial charge >= 0.3 is 0 Å². The number of halogens is 3. The molecule has 0 amide bonds. The summed E-state index contributed by atoms with van der Waals surface area (Å²) in [6.45, 7) is 5.05. The van der Waals surface area contributed by atoms with Crippen LogP contribution in [0.2, 0.25) is 15.2 Å². The lowest BCUT2D eigenvalue weighted by atomic mass is 9.82. The first-order valence-corrected chi connectivity index (χ1v) is 13.9. The van der Waals surface area contributed by atoms with E-state index in [-0.39, 0.29) is 44.1 Å². The first-order valence-electron chi connectivity index (χ1n) is 12.8. The molecule has 4 aromatic rings. The summed E-state index contributed by atoms with van der Waals surface area (Å²) in [6.07, 6.45) is -5.13. The number of hydrogen-bond donors (Lipinski definition) is 2. The van der Waals surface area contributed by atoms with Crippen LogP contribution < -0.4 is 0 Å². The molecule has 5 rings (SSSR count). The third-order valence-electron chi connectivity index (χ3n) is 7.48. The topological polar surface area (TPSA) is 106 Å². The van der Waals surface area contributed by atoms with Gasteiger partial charge in [-0.05, 0) is 32.9 Å². The maximum atomic E-state index is 13.8. The van der Waals surface area contributed by atoms with Crippen LogP contribution in [0.5, 0.6) is 0 Å². The smallest absolute Gasteiger partial charge is 0.197 e. The van der Waals surface area contributed by atoms with Crippen LogP contribution in [-0.4, -0.2) is 49.9 Å². The van der Waals surface area contributed by atoms with Crippen LogP contribution in [0.1, 0.15) is 61.8 Å². The molecule has 2 N–H and O–H groups in total. The van der Waals surface area contributed by atoms with E-state index in [9.17, 15) is 24.6 Å². The van der Waals surface area contributed by atoms with Gasteiger partial charge in [-0.2, -0.15) is 0 Å². The summed E-state index contributed by atoms with van der Waals surface area (Å²) in [5, 5.41) is 24.1. The molecule has 2 heterocycles. The SMILES string of the molecule is CC(=O)c1c(Cl)n([C@H]2C[C@@](O)(C(=O)c3ccc(C)cc3)[C@@H](C(O)C(=O)c3ccc(C)cc3)O2)c2cc(Cl)c(Cl)cc12. The predicted octanol–water partition coefficient (Wildman–Crippen LogP) is 6.57. The second-order valence-corrected chi connectivity index (χ2v) is 11.6. The monoisotopic (exact) mass is 613 g/mol. The van der Waals surface area contributed by atoms with Gasteiger partial charge in [0.1, 0.15) is 23.6 Å². The number of hydrogen-bond acceptors (Lipinski definition) is 6. The Balaban J connectivity index is 1.64. The quantitative estimate of drug-likeness (QED) is 0.228. The van der Waals surface area contributed by atoms with Crippen molar-refractivity contribution in [1.29, 1.82) is 0 Å². The zero-order valence-electron chi connectivity index (χ0n) is 22.3. The van der Waals surface area contributed by atoms with E-state index in [1.807, 2.05) is 13.8 Å². The second-order valence-electron chi connectivity index (χ2n) is 10.4. The number of nitrogens with zero attached hydrogens (tertiary/aromatic N) is 1. The second kappa shape index (κ2) is 11.0. The van der Waals surface area contributed by atoms with E-state index in [2.05, 4.69) is 0 Å². The maximum absolute atomic E-state index is 13.8. The molecule has 41 heavy (non-hydrogen) atoms. The van der Waals surface area contributed by atoms with Gasteiger partial charge in [0, 0.05) is 22.9 Å². The highest BCUT2D eigenvalue weighted by Gasteiger charge is 2.58. The van der Waals surface area contributed by atoms with Crippen molar-refractivity contribution in [3.05, 3.63) is 104 Å². The van der Waals surface area contributed by atoms with E-state index in [1.54, 1.807) is 48.5 Å². The Labute approximate surface area is 251 Å². The minimum atomic E-state index is -2.34. The molecule has 10 heteroatoms. The molecule has 3 aromatic carbocycles. The molecule has 7 nitrogen and oxygen atoms in total. The van der Waals surface area contributed by atoms with Crippen LogP contribution in [-0.2, 0) is 4.74 Å². The molecule has 4 atom stereocenters. The number of carbonyl (C=O) groups excluding carboxylic acids is 3. The number of rotatable bonds is 7. The number of benzene rings is 3. The molecule has 0 saturated carbocycles. The minimum absolute atomic E-state index is 0.0269. The van der Waals surface area contributed by atoms with E-state index < -0.39 is 35.6 Å². The summed E-state index contributed by atoms with van der Waals surface area (Å²) in [6, 6.07) is 16.1. The molecule has 0 bridgehead atoms. The number of aromatic nitrogens is 1. The first kappa shape index (κ1) is 29.5. The Morgan fingerprint density at radius 1 is 0.927 bits per heavy atom. The van der Waals surface area contributed by atoms with Crippen LogP contribution in [0.25, 0.3) is 10.9 Å². The zero-order valence-corrected chi connectivity index (χ0v) is 24.6. The van der Waals surface area contributed by atoms with Crippen molar-refractivity contribution in [3.63, 3.8) is 0 Å². The fourth-order valence-corrected chi connectivity index (χ4v) is 6.05. The minimum Gasteiger partial charge on any atom is -0.382 e. The normalized spacial score (nSPS) is 21.3. The van der Waals surface area contributed by atoms with Gasteiger partial charge in [-0.1, -0.05) is 94.5 Å². The number of aryl methyl sites for hydroxylation is 2. The van der Waals surface area contributed by atoms with Gasteiger partial charge in [0.05, 0.1) is 21.1 Å². The van der Waals surface area contributed by atoms with Crippen molar-refractivity contribution in [3.8, 4) is 0 Å². The molecule has 0 spiro atoms. The lowest BCUT2D eigenvalue weighted by Gasteiger charge is -2.29. The van der Waals surface area contributed by atoms with E-state index in [0.29, 0.717) is 10.9 Å². The Hall–Kier alpha value is -3.04. The summed E-state index contributed by atoms with van der Waals surface area (Å²) in [7, 11) is 0. The van der Waals surface area contributed by atoms with Crippen LogP contribution in [0.15, 0.2) is 60.7 Å². The van der Waals surface area contributed by atoms with Crippen molar-refractivity contribution >= 4 is 63.1 Å². The zero-order chi connectivity index (χ0) is 29.8. The lowest BCUT2D eigenvalue weighted by Crippen LogP contribution is -2.53.